The molecule has 134 valence electrons. The monoisotopic (exact) mass is 356 g/mol. The van der Waals surface area contributed by atoms with Crippen molar-refractivity contribution in [3.8, 4) is 22.8 Å². The van der Waals surface area contributed by atoms with E-state index in [1.54, 1.807) is 0 Å². The van der Waals surface area contributed by atoms with Crippen LogP contribution in [0.1, 0.15) is 19.3 Å². The molecule has 0 radical (unpaired) electrons. The lowest BCUT2D eigenvalue weighted by Crippen LogP contribution is -2.30. The number of benzene rings is 2. The van der Waals surface area contributed by atoms with E-state index in [4.69, 9.17) is 14.4 Å². The third kappa shape index (κ3) is 3.05. The molecular formula is C22H20N4O. The van der Waals surface area contributed by atoms with Crippen LogP contribution in [0.25, 0.3) is 34.1 Å². The molecule has 2 aromatic heterocycles. The van der Waals surface area contributed by atoms with Gasteiger partial charge in [-0.05, 0) is 31.4 Å². The molecule has 4 aromatic rings. The minimum atomic E-state index is 0.545. The quantitative estimate of drug-likeness (QED) is 0.520. The van der Waals surface area contributed by atoms with Crippen molar-refractivity contribution in [3.63, 3.8) is 0 Å². The Morgan fingerprint density at radius 1 is 0.704 bits per heavy atom. The lowest BCUT2D eigenvalue weighted by atomic mass is 10.1. The summed E-state index contributed by atoms with van der Waals surface area (Å²) in [5.41, 5.74) is 3.22. The fraction of sp³-hybridized carbons (Fsp3) is 0.227. The molecule has 5 nitrogen and oxygen atoms in total. The highest BCUT2D eigenvalue weighted by atomic mass is 16.4. The second-order valence-corrected chi connectivity index (χ2v) is 6.82. The maximum atomic E-state index is 6.06. The van der Waals surface area contributed by atoms with E-state index in [0.29, 0.717) is 17.4 Å². The SMILES string of the molecule is c1ccc(-c2nc(N3CCCCC3)c3nc(-c4ccccc4)oc3n2)cc1. The summed E-state index contributed by atoms with van der Waals surface area (Å²) in [4.78, 5) is 16.7. The fourth-order valence-electron chi connectivity index (χ4n) is 3.55. The van der Waals surface area contributed by atoms with Crippen LogP contribution in [0, 0.1) is 0 Å². The average molecular weight is 356 g/mol. The molecule has 1 fully saturated rings. The maximum Gasteiger partial charge on any atom is 0.253 e. The molecule has 1 aliphatic rings. The van der Waals surface area contributed by atoms with Gasteiger partial charge < -0.3 is 9.32 Å². The molecule has 0 unspecified atom stereocenters. The highest BCUT2D eigenvalue weighted by molar-refractivity contribution is 5.86. The Morgan fingerprint density at radius 2 is 1.37 bits per heavy atom. The van der Waals surface area contributed by atoms with Crippen LogP contribution >= 0.6 is 0 Å². The van der Waals surface area contributed by atoms with E-state index in [-0.39, 0.29) is 0 Å². The molecule has 1 saturated heterocycles. The van der Waals surface area contributed by atoms with Gasteiger partial charge in [-0.1, -0.05) is 48.5 Å². The van der Waals surface area contributed by atoms with E-state index < -0.39 is 0 Å². The Hall–Kier alpha value is -3.21. The number of nitrogens with zero attached hydrogens (tertiary/aromatic N) is 4. The van der Waals surface area contributed by atoms with E-state index in [0.717, 1.165) is 35.6 Å². The molecule has 0 aliphatic carbocycles. The summed E-state index contributed by atoms with van der Waals surface area (Å²) < 4.78 is 6.06. The van der Waals surface area contributed by atoms with Crippen LogP contribution in [-0.2, 0) is 0 Å². The van der Waals surface area contributed by atoms with Gasteiger partial charge in [0.25, 0.3) is 5.71 Å². The van der Waals surface area contributed by atoms with Crippen molar-refractivity contribution in [1.82, 2.24) is 15.0 Å². The van der Waals surface area contributed by atoms with Gasteiger partial charge in [0.15, 0.2) is 17.2 Å². The molecule has 27 heavy (non-hydrogen) atoms. The number of hydrogen-bond acceptors (Lipinski definition) is 5. The highest BCUT2D eigenvalue weighted by Crippen LogP contribution is 2.32. The summed E-state index contributed by atoms with van der Waals surface area (Å²) in [6, 6.07) is 20.0. The largest absolute Gasteiger partial charge is 0.417 e. The molecule has 5 rings (SSSR count). The molecular weight excluding hydrogens is 336 g/mol. The Morgan fingerprint density at radius 3 is 2.07 bits per heavy atom. The number of anilines is 1. The smallest absolute Gasteiger partial charge is 0.253 e. The number of hydrogen-bond donors (Lipinski definition) is 0. The molecule has 3 heterocycles. The van der Waals surface area contributed by atoms with Crippen LogP contribution in [-0.4, -0.2) is 28.0 Å². The molecule has 5 heteroatoms. The summed E-state index contributed by atoms with van der Waals surface area (Å²) >= 11 is 0. The Bertz CT molecular complexity index is 1050. The first kappa shape index (κ1) is 16.0. The number of aromatic nitrogens is 3. The summed E-state index contributed by atoms with van der Waals surface area (Å²) in [5, 5.41) is 0. The normalized spacial score (nSPS) is 14.6. The van der Waals surface area contributed by atoms with Gasteiger partial charge in [-0.3, -0.25) is 0 Å². The van der Waals surface area contributed by atoms with Crippen molar-refractivity contribution in [2.75, 3.05) is 18.0 Å². The van der Waals surface area contributed by atoms with Crippen molar-refractivity contribution in [2.24, 2.45) is 0 Å². The number of rotatable bonds is 3. The van der Waals surface area contributed by atoms with E-state index in [1.165, 1.54) is 19.3 Å². The molecule has 0 spiro atoms. The second kappa shape index (κ2) is 6.83. The first-order valence-electron chi connectivity index (χ1n) is 9.43. The predicted molar refractivity (Wildman–Crippen MR) is 107 cm³/mol. The van der Waals surface area contributed by atoms with Crippen LogP contribution in [0.4, 0.5) is 5.82 Å². The fourth-order valence-corrected chi connectivity index (χ4v) is 3.55. The number of fused-ring (bicyclic) bond motifs is 1. The molecule has 1 aliphatic heterocycles. The van der Waals surface area contributed by atoms with Gasteiger partial charge >= 0.3 is 0 Å². The van der Waals surface area contributed by atoms with E-state index in [2.05, 4.69) is 9.88 Å². The van der Waals surface area contributed by atoms with Gasteiger partial charge in [-0.2, -0.15) is 4.98 Å². The number of oxazole rings is 1. The summed E-state index contributed by atoms with van der Waals surface area (Å²) in [6.45, 7) is 1.99. The van der Waals surface area contributed by atoms with Gasteiger partial charge in [0.1, 0.15) is 0 Å². The van der Waals surface area contributed by atoms with Gasteiger partial charge in [-0.25, -0.2) is 9.97 Å². The summed E-state index contributed by atoms with van der Waals surface area (Å²) in [5.74, 6) is 2.15. The lowest BCUT2D eigenvalue weighted by Gasteiger charge is -2.27. The van der Waals surface area contributed by atoms with Crippen molar-refractivity contribution >= 4 is 17.0 Å². The molecule has 0 saturated carbocycles. The zero-order valence-corrected chi connectivity index (χ0v) is 15.0. The molecule has 0 N–H and O–H groups in total. The van der Waals surface area contributed by atoms with Crippen molar-refractivity contribution in [1.29, 1.82) is 0 Å². The second-order valence-electron chi connectivity index (χ2n) is 6.82. The average Bonchev–Trinajstić information content (AvgIpc) is 3.19. The van der Waals surface area contributed by atoms with Crippen LogP contribution < -0.4 is 4.90 Å². The van der Waals surface area contributed by atoms with Crippen molar-refractivity contribution in [2.45, 2.75) is 19.3 Å². The van der Waals surface area contributed by atoms with Crippen molar-refractivity contribution < 1.29 is 4.42 Å². The molecule has 0 bridgehead atoms. The first-order valence-corrected chi connectivity index (χ1v) is 9.43. The molecule has 2 aromatic carbocycles. The minimum absolute atomic E-state index is 0.545. The molecule has 0 amide bonds. The summed E-state index contributed by atoms with van der Waals surface area (Å²) in [6.07, 6.45) is 3.62. The van der Waals surface area contributed by atoms with E-state index in [9.17, 15) is 0 Å². The summed E-state index contributed by atoms with van der Waals surface area (Å²) in [7, 11) is 0. The predicted octanol–water partition coefficient (Wildman–Crippen LogP) is 4.94. The Labute approximate surface area is 157 Å². The van der Waals surface area contributed by atoms with Crippen LogP contribution in [0.15, 0.2) is 65.1 Å². The van der Waals surface area contributed by atoms with Gasteiger partial charge in [0.2, 0.25) is 5.89 Å². The maximum absolute atomic E-state index is 6.06. The van der Waals surface area contributed by atoms with Gasteiger partial charge in [0, 0.05) is 24.2 Å². The van der Waals surface area contributed by atoms with Crippen molar-refractivity contribution in [3.05, 3.63) is 60.7 Å². The Balaban J connectivity index is 1.69. The highest BCUT2D eigenvalue weighted by Gasteiger charge is 2.22. The van der Waals surface area contributed by atoms with Gasteiger partial charge in [0.05, 0.1) is 0 Å². The van der Waals surface area contributed by atoms with E-state index >= 15 is 0 Å². The van der Waals surface area contributed by atoms with Crippen LogP contribution in [0.5, 0.6) is 0 Å². The van der Waals surface area contributed by atoms with Gasteiger partial charge in [-0.15, -0.1) is 0 Å². The standard InChI is InChI=1S/C22H20N4O/c1-4-10-16(11-5-1)19-24-20(26-14-8-3-9-15-26)18-22(25-19)27-21(23-18)17-12-6-2-7-13-17/h1-2,4-7,10-13H,3,8-9,14-15H2. The topological polar surface area (TPSA) is 55.1 Å². The van der Waals surface area contributed by atoms with Crippen LogP contribution in [0.2, 0.25) is 0 Å². The zero-order chi connectivity index (χ0) is 18.1. The lowest BCUT2D eigenvalue weighted by molar-refractivity contribution is 0.574. The van der Waals surface area contributed by atoms with E-state index in [1.807, 2.05) is 60.7 Å². The molecule has 0 atom stereocenters. The van der Waals surface area contributed by atoms with Crippen LogP contribution in [0.3, 0.4) is 0 Å². The zero-order valence-electron chi connectivity index (χ0n) is 15.0. The first-order chi connectivity index (χ1) is 13.4. The third-order valence-electron chi connectivity index (χ3n) is 4.95. The number of piperidine rings is 1. The third-order valence-corrected chi connectivity index (χ3v) is 4.95. The minimum Gasteiger partial charge on any atom is -0.417 e. The Kier molecular flexibility index (Phi) is 4.05.